The Bertz CT molecular complexity index is 470. The first-order valence-corrected chi connectivity index (χ1v) is 8.65. The molecule has 1 fully saturated rings. The molecule has 0 bridgehead atoms. The van der Waals surface area contributed by atoms with Crippen LogP contribution in [0.25, 0.3) is 0 Å². The molecule has 0 amide bonds. The van der Waals surface area contributed by atoms with Crippen LogP contribution in [0.2, 0.25) is 0 Å². The van der Waals surface area contributed by atoms with Crippen molar-refractivity contribution < 1.29 is 9.53 Å². The van der Waals surface area contributed by atoms with Crippen LogP contribution in [-0.4, -0.2) is 18.1 Å². The zero-order valence-electron chi connectivity index (χ0n) is 12.7. The molecule has 1 aromatic heterocycles. The van der Waals surface area contributed by atoms with Crippen molar-refractivity contribution in [3.8, 4) is 0 Å². The first kappa shape index (κ1) is 16.5. The fraction of sp³-hybridized carbons (Fsp3) is 0.647. The number of aryl methyl sites for hydroxylation is 1. The summed E-state index contributed by atoms with van der Waals surface area (Å²) in [6, 6.07) is 6.04. The van der Waals surface area contributed by atoms with Gasteiger partial charge in [-0.3, -0.25) is 4.79 Å². The topological polar surface area (TPSA) is 39.2 Å². The van der Waals surface area contributed by atoms with Gasteiger partial charge >= 0.3 is 5.97 Å². The van der Waals surface area contributed by atoms with Gasteiger partial charge in [0.15, 0.2) is 0 Å². The quantitative estimate of drug-likeness (QED) is 0.405. The number of aromatic nitrogens is 1. The summed E-state index contributed by atoms with van der Waals surface area (Å²) < 4.78 is 5.92. The zero-order valence-corrected chi connectivity index (χ0v) is 14.3. The van der Waals surface area contributed by atoms with Crippen LogP contribution >= 0.6 is 15.9 Å². The van der Waals surface area contributed by atoms with Gasteiger partial charge in [0.25, 0.3) is 0 Å². The molecule has 1 heterocycles. The average Bonchev–Trinajstić information content (AvgIpc) is 2.96. The van der Waals surface area contributed by atoms with Crippen LogP contribution in [0.1, 0.15) is 57.1 Å². The summed E-state index contributed by atoms with van der Waals surface area (Å²) in [7, 11) is 1.52. The van der Waals surface area contributed by atoms with Gasteiger partial charge in [0.1, 0.15) is 4.60 Å². The van der Waals surface area contributed by atoms with Crippen LogP contribution in [0.5, 0.6) is 0 Å². The molecule has 1 saturated carbocycles. The number of ether oxygens (including phenoxy) is 1. The van der Waals surface area contributed by atoms with Crippen molar-refractivity contribution in [1.82, 2.24) is 4.98 Å². The number of hydrogen-bond donors (Lipinski definition) is 0. The Morgan fingerprint density at radius 2 is 2.05 bits per heavy atom. The summed E-state index contributed by atoms with van der Waals surface area (Å²) in [4.78, 5) is 16.5. The van der Waals surface area contributed by atoms with Gasteiger partial charge in [-0.05, 0) is 60.2 Å². The van der Waals surface area contributed by atoms with Gasteiger partial charge in [0.05, 0.1) is 12.5 Å². The molecule has 2 rings (SSSR count). The predicted molar refractivity (Wildman–Crippen MR) is 87.0 cm³/mol. The van der Waals surface area contributed by atoms with Crippen molar-refractivity contribution in [2.45, 2.75) is 57.8 Å². The van der Waals surface area contributed by atoms with Crippen LogP contribution in [0.15, 0.2) is 22.8 Å². The molecule has 0 N–H and O–H groups in total. The third-order valence-electron chi connectivity index (χ3n) is 4.54. The van der Waals surface area contributed by atoms with Crippen LogP contribution in [0, 0.1) is 5.41 Å². The van der Waals surface area contributed by atoms with E-state index in [0.717, 1.165) is 68.1 Å². The molecule has 1 aliphatic rings. The highest BCUT2D eigenvalue weighted by Crippen LogP contribution is 2.43. The first-order valence-electron chi connectivity index (χ1n) is 7.86. The molecular formula is C17H24BrNO2. The molecule has 21 heavy (non-hydrogen) atoms. The van der Waals surface area contributed by atoms with Crippen LogP contribution in [0.3, 0.4) is 0 Å². The summed E-state index contributed by atoms with van der Waals surface area (Å²) in [6.45, 7) is 0. The Hall–Kier alpha value is -0.900. The summed E-state index contributed by atoms with van der Waals surface area (Å²) >= 11 is 3.40. The lowest BCUT2D eigenvalue weighted by Crippen LogP contribution is -2.29. The number of nitrogens with zero attached hydrogens (tertiary/aromatic N) is 1. The second-order valence-electron chi connectivity index (χ2n) is 5.99. The lowest BCUT2D eigenvalue weighted by atomic mass is 9.81. The molecule has 0 aliphatic heterocycles. The highest BCUT2D eigenvalue weighted by atomic mass is 79.9. The first-order chi connectivity index (χ1) is 10.2. The van der Waals surface area contributed by atoms with E-state index in [2.05, 4.69) is 27.0 Å². The molecule has 4 heteroatoms. The van der Waals surface area contributed by atoms with Crippen molar-refractivity contribution in [3.63, 3.8) is 0 Å². The third kappa shape index (κ3) is 4.53. The summed E-state index contributed by atoms with van der Waals surface area (Å²) in [5, 5.41) is 0. The number of esters is 1. The van der Waals surface area contributed by atoms with Gasteiger partial charge in [-0.1, -0.05) is 31.7 Å². The number of unbranched alkanes of at least 4 members (excludes halogenated alkanes) is 2. The van der Waals surface area contributed by atoms with E-state index in [1.807, 2.05) is 12.1 Å². The molecule has 0 spiro atoms. The van der Waals surface area contributed by atoms with Crippen molar-refractivity contribution in [3.05, 3.63) is 28.5 Å². The number of carbonyl (C=O) groups excluding carboxylic acids is 1. The van der Waals surface area contributed by atoms with E-state index in [1.54, 1.807) is 0 Å². The Balaban J connectivity index is 1.72. The molecular weight excluding hydrogens is 330 g/mol. The maximum atomic E-state index is 12.0. The summed E-state index contributed by atoms with van der Waals surface area (Å²) in [5.41, 5.74) is 0.955. The molecule has 1 aromatic rings. The SMILES string of the molecule is COC(=O)C1(CCCCCc2cccc(Br)n2)CCCC1. The lowest BCUT2D eigenvalue weighted by Gasteiger charge is -2.25. The maximum absolute atomic E-state index is 12.0. The monoisotopic (exact) mass is 353 g/mol. The summed E-state index contributed by atoms with van der Waals surface area (Å²) in [6.07, 6.45) is 9.70. The lowest BCUT2D eigenvalue weighted by molar-refractivity contribution is -0.153. The minimum atomic E-state index is -0.178. The molecule has 116 valence electrons. The molecule has 0 aromatic carbocycles. The number of methoxy groups -OCH3 is 1. The number of rotatable bonds is 7. The number of hydrogen-bond acceptors (Lipinski definition) is 3. The zero-order chi connectivity index (χ0) is 15.1. The fourth-order valence-electron chi connectivity index (χ4n) is 3.36. The Labute approximate surface area is 135 Å². The van der Waals surface area contributed by atoms with Crippen molar-refractivity contribution >= 4 is 21.9 Å². The Kier molecular flexibility index (Phi) is 6.22. The van der Waals surface area contributed by atoms with Gasteiger partial charge in [-0.2, -0.15) is 0 Å². The molecule has 0 atom stereocenters. The molecule has 3 nitrogen and oxygen atoms in total. The minimum Gasteiger partial charge on any atom is -0.469 e. The van der Waals surface area contributed by atoms with Gasteiger partial charge in [-0.15, -0.1) is 0 Å². The Morgan fingerprint density at radius 1 is 1.29 bits per heavy atom. The molecule has 0 unspecified atom stereocenters. The van der Waals surface area contributed by atoms with Gasteiger partial charge in [0.2, 0.25) is 0 Å². The fourth-order valence-corrected chi connectivity index (χ4v) is 3.74. The predicted octanol–water partition coefficient (Wildman–Crippen LogP) is 4.68. The highest BCUT2D eigenvalue weighted by Gasteiger charge is 2.41. The standard InChI is InChI=1S/C17H24BrNO2/c1-21-16(20)17(12-5-6-13-17)11-4-2-3-8-14-9-7-10-15(18)19-14/h7,9-10H,2-6,8,11-13H2,1H3. The van der Waals surface area contributed by atoms with Gasteiger partial charge < -0.3 is 4.74 Å². The van der Waals surface area contributed by atoms with Crippen LogP contribution in [0.4, 0.5) is 0 Å². The van der Waals surface area contributed by atoms with Crippen molar-refractivity contribution in [2.24, 2.45) is 5.41 Å². The van der Waals surface area contributed by atoms with Crippen molar-refractivity contribution in [1.29, 1.82) is 0 Å². The largest absolute Gasteiger partial charge is 0.469 e. The van der Waals surface area contributed by atoms with E-state index in [9.17, 15) is 4.79 Å². The second kappa shape index (κ2) is 7.92. The van der Waals surface area contributed by atoms with Gasteiger partial charge in [-0.25, -0.2) is 4.98 Å². The van der Waals surface area contributed by atoms with E-state index < -0.39 is 0 Å². The highest BCUT2D eigenvalue weighted by molar-refractivity contribution is 9.10. The second-order valence-corrected chi connectivity index (χ2v) is 6.80. The number of halogens is 1. The van der Waals surface area contributed by atoms with E-state index in [-0.39, 0.29) is 11.4 Å². The van der Waals surface area contributed by atoms with E-state index >= 15 is 0 Å². The normalized spacial score (nSPS) is 16.9. The van der Waals surface area contributed by atoms with Gasteiger partial charge in [0, 0.05) is 5.69 Å². The third-order valence-corrected chi connectivity index (χ3v) is 4.98. The smallest absolute Gasteiger partial charge is 0.311 e. The minimum absolute atomic E-state index is 0.00802. The van der Waals surface area contributed by atoms with Crippen molar-refractivity contribution in [2.75, 3.05) is 7.11 Å². The van der Waals surface area contributed by atoms with Crippen LogP contribution in [-0.2, 0) is 16.0 Å². The maximum Gasteiger partial charge on any atom is 0.311 e. The van der Waals surface area contributed by atoms with E-state index in [0.29, 0.717) is 0 Å². The van der Waals surface area contributed by atoms with E-state index in [1.165, 1.54) is 7.11 Å². The number of pyridine rings is 1. The molecule has 1 aliphatic carbocycles. The molecule has 0 saturated heterocycles. The average molecular weight is 354 g/mol. The Morgan fingerprint density at radius 3 is 2.71 bits per heavy atom. The number of carbonyl (C=O) groups is 1. The molecule has 0 radical (unpaired) electrons. The summed E-state index contributed by atoms with van der Waals surface area (Å²) in [5.74, 6) is 0.00802. The van der Waals surface area contributed by atoms with E-state index in [4.69, 9.17) is 4.74 Å². The van der Waals surface area contributed by atoms with Crippen LogP contribution < -0.4 is 0 Å².